The molecule has 5 heteroatoms. The normalized spacial score (nSPS) is 12.5. The predicted molar refractivity (Wildman–Crippen MR) is 95.4 cm³/mol. The van der Waals surface area contributed by atoms with Gasteiger partial charge in [-0.25, -0.2) is 9.13 Å². The van der Waals surface area contributed by atoms with E-state index in [1.165, 1.54) is 0 Å². The molecule has 1 aromatic heterocycles. The summed E-state index contributed by atoms with van der Waals surface area (Å²) in [5.41, 5.74) is 2.26. The molecule has 0 saturated heterocycles. The van der Waals surface area contributed by atoms with Crippen LogP contribution in [-0.2, 0) is 13.1 Å². The van der Waals surface area contributed by atoms with E-state index in [4.69, 9.17) is 23.2 Å². The molecule has 2 aromatic rings. The molecule has 1 aromatic carbocycles. The molecular formula is C17H24Cl2N3+. The minimum Gasteiger partial charge on any atom is -0.386 e. The van der Waals surface area contributed by atoms with Crippen molar-refractivity contribution in [3.8, 4) is 0 Å². The average Bonchev–Trinajstić information content (AvgIpc) is 2.70. The van der Waals surface area contributed by atoms with Crippen molar-refractivity contribution in [2.75, 3.05) is 0 Å². The summed E-state index contributed by atoms with van der Waals surface area (Å²) in [6, 6.07) is 3.90. The maximum absolute atomic E-state index is 6.20. The number of aromatic nitrogens is 2. The van der Waals surface area contributed by atoms with Gasteiger partial charge in [0.05, 0.1) is 23.1 Å². The number of nitrogens with zero attached hydrogens (tertiary/aromatic N) is 2. The van der Waals surface area contributed by atoms with E-state index in [2.05, 4.69) is 55.1 Å². The van der Waals surface area contributed by atoms with Crippen LogP contribution in [0.2, 0.25) is 10.0 Å². The second-order valence-electron chi connectivity index (χ2n) is 6.33. The lowest BCUT2D eigenvalue weighted by atomic mass is 10.1. The largest absolute Gasteiger partial charge is 0.386 e. The van der Waals surface area contributed by atoms with Crippen molar-refractivity contribution in [1.29, 1.82) is 0 Å². The van der Waals surface area contributed by atoms with Crippen LogP contribution in [0.5, 0.6) is 0 Å². The lowest BCUT2D eigenvalue weighted by Crippen LogP contribution is -2.36. The predicted octanol–water partition coefficient (Wildman–Crippen LogP) is 4.63. The molecule has 0 amide bonds. The van der Waals surface area contributed by atoms with Gasteiger partial charge >= 0.3 is 0 Å². The van der Waals surface area contributed by atoms with Crippen molar-refractivity contribution in [2.45, 2.75) is 53.2 Å². The summed E-state index contributed by atoms with van der Waals surface area (Å²) >= 11 is 12.4. The highest BCUT2D eigenvalue weighted by atomic mass is 35.5. The Morgan fingerprint density at radius 2 is 1.82 bits per heavy atom. The number of rotatable bonds is 4. The molecule has 0 aliphatic carbocycles. The summed E-state index contributed by atoms with van der Waals surface area (Å²) in [5, 5.41) is 4.56. The van der Waals surface area contributed by atoms with Gasteiger partial charge in [-0.1, -0.05) is 23.2 Å². The molecule has 0 aliphatic rings. The number of nitrogens with one attached hydrogen (secondary N) is 1. The highest BCUT2D eigenvalue weighted by molar-refractivity contribution is 6.42. The lowest BCUT2D eigenvalue weighted by molar-refractivity contribution is -0.670. The first-order valence-electron chi connectivity index (χ1n) is 7.63. The Morgan fingerprint density at radius 3 is 2.36 bits per heavy atom. The second kappa shape index (κ2) is 6.51. The Morgan fingerprint density at radius 1 is 1.18 bits per heavy atom. The fraction of sp³-hybridized carbons (Fsp3) is 0.471. The minimum absolute atomic E-state index is 0.0449. The van der Waals surface area contributed by atoms with Gasteiger partial charge in [0.25, 0.3) is 5.82 Å². The van der Waals surface area contributed by atoms with Gasteiger partial charge in [-0.2, -0.15) is 0 Å². The van der Waals surface area contributed by atoms with Crippen LogP contribution in [0.15, 0.2) is 18.3 Å². The zero-order valence-corrected chi connectivity index (χ0v) is 15.4. The molecule has 0 saturated carbocycles. The van der Waals surface area contributed by atoms with E-state index in [9.17, 15) is 0 Å². The molecule has 1 heterocycles. The molecule has 120 valence electrons. The third-order valence-electron chi connectivity index (χ3n) is 3.53. The van der Waals surface area contributed by atoms with Gasteiger partial charge < -0.3 is 5.32 Å². The zero-order chi connectivity index (χ0) is 16.5. The number of fused-ring (bicyclic) bond motifs is 1. The van der Waals surface area contributed by atoms with E-state index in [1.54, 1.807) is 0 Å². The molecule has 0 fully saturated rings. The monoisotopic (exact) mass is 340 g/mol. The standard InChI is InChI=1S/C17H23Cl2N3/c1-6-21-14-10-12(18)13(19)11-15(14)22(7-2)16(21)8-9-20-17(3,4)5/h8-11H,6-7H2,1-5H3/p+1. The number of benzene rings is 1. The smallest absolute Gasteiger partial charge is 0.283 e. The SMILES string of the molecule is CCn1c(/C=C/NC(C)(C)C)[n+](CC)c2cc(Cl)c(Cl)cc21. The van der Waals surface area contributed by atoms with Crippen molar-refractivity contribution in [3.05, 3.63) is 34.2 Å². The Hall–Kier alpha value is -1.19. The number of hydrogen-bond donors (Lipinski definition) is 1. The molecule has 0 bridgehead atoms. The first-order valence-corrected chi connectivity index (χ1v) is 8.39. The van der Waals surface area contributed by atoms with Crippen molar-refractivity contribution < 1.29 is 4.57 Å². The Labute approximate surface area is 142 Å². The Bertz CT molecular complexity index is 662. The highest BCUT2D eigenvalue weighted by Crippen LogP contribution is 2.28. The summed E-state index contributed by atoms with van der Waals surface area (Å²) < 4.78 is 4.50. The summed E-state index contributed by atoms with van der Waals surface area (Å²) in [6.45, 7) is 12.4. The molecule has 22 heavy (non-hydrogen) atoms. The number of hydrogen-bond acceptors (Lipinski definition) is 1. The molecular weight excluding hydrogens is 317 g/mol. The third kappa shape index (κ3) is 3.41. The quantitative estimate of drug-likeness (QED) is 0.804. The van der Waals surface area contributed by atoms with Crippen LogP contribution in [0.4, 0.5) is 0 Å². The van der Waals surface area contributed by atoms with Crippen LogP contribution in [-0.4, -0.2) is 10.1 Å². The Balaban J connectivity index is 2.61. The van der Waals surface area contributed by atoms with Crippen molar-refractivity contribution in [3.63, 3.8) is 0 Å². The average molecular weight is 341 g/mol. The summed E-state index contributed by atoms with van der Waals surface area (Å²) in [4.78, 5) is 0. The van der Waals surface area contributed by atoms with Gasteiger partial charge in [0.1, 0.15) is 0 Å². The topological polar surface area (TPSA) is 20.8 Å². The number of aryl methyl sites for hydroxylation is 2. The first kappa shape index (κ1) is 17.2. The van der Waals surface area contributed by atoms with E-state index in [0.717, 1.165) is 29.9 Å². The summed E-state index contributed by atoms with van der Waals surface area (Å²) in [6.07, 6.45) is 4.12. The van der Waals surface area contributed by atoms with Gasteiger partial charge in [-0.05, 0) is 34.6 Å². The van der Waals surface area contributed by atoms with Crippen LogP contribution in [0, 0.1) is 0 Å². The zero-order valence-electron chi connectivity index (χ0n) is 13.9. The van der Waals surface area contributed by atoms with Crippen molar-refractivity contribution in [2.24, 2.45) is 0 Å². The highest BCUT2D eigenvalue weighted by Gasteiger charge is 2.22. The second-order valence-corrected chi connectivity index (χ2v) is 7.14. The van der Waals surface area contributed by atoms with Gasteiger partial charge in [0, 0.05) is 29.9 Å². The van der Waals surface area contributed by atoms with Crippen LogP contribution in [0.3, 0.4) is 0 Å². The number of halogens is 2. The molecule has 0 radical (unpaired) electrons. The molecule has 1 N–H and O–H groups in total. The fourth-order valence-electron chi connectivity index (χ4n) is 2.56. The van der Waals surface area contributed by atoms with Crippen LogP contribution in [0.1, 0.15) is 40.4 Å². The molecule has 2 rings (SSSR count). The van der Waals surface area contributed by atoms with E-state index in [-0.39, 0.29) is 5.54 Å². The van der Waals surface area contributed by atoms with Gasteiger partial charge in [0.15, 0.2) is 11.0 Å². The van der Waals surface area contributed by atoms with Gasteiger partial charge in [-0.3, -0.25) is 0 Å². The first-order chi connectivity index (χ1) is 10.3. The van der Waals surface area contributed by atoms with Gasteiger partial charge in [-0.15, -0.1) is 0 Å². The van der Waals surface area contributed by atoms with Crippen molar-refractivity contribution >= 4 is 40.3 Å². The Kier molecular flexibility index (Phi) is 5.08. The maximum Gasteiger partial charge on any atom is 0.283 e. The van der Waals surface area contributed by atoms with Crippen LogP contribution >= 0.6 is 23.2 Å². The summed E-state index contributed by atoms with van der Waals surface area (Å²) in [5.74, 6) is 1.13. The third-order valence-corrected chi connectivity index (χ3v) is 4.26. The van der Waals surface area contributed by atoms with Crippen LogP contribution < -0.4 is 9.88 Å². The molecule has 0 atom stereocenters. The molecule has 0 spiro atoms. The molecule has 3 nitrogen and oxygen atoms in total. The van der Waals surface area contributed by atoms with Gasteiger partial charge in [0.2, 0.25) is 0 Å². The summed E-state index contributed by atoms with van der Waals surface area (Å²) in [7, 11) is 0. The van der Waals surface area contributed by atoms with E-state index in [1.807, 2.05) is 18.3 Å². The maximum atomic E-state index is 6.20. The molecule has 0 aliphatic heterocycles. The fourth-order valence-corrected chi connectivity index (χ4v) is 2.88. The van der Waals surface area contributed by atoms with E-state index in [0.29, 0.717) is 10.0 Å². The minimum atomic E-state index is 0.0449. The van der Waals surface area contributed by atoms with E-state index >= 15 is 0 Å². The molecule has 0 unspecified atom stereocenters. The van der Waals surface area contributed by atoms with Crippen LogP contribution in [0.25, 0.3) is 17.1 Å². The lowest BCUT2D eigenvalue weighted by Gasteiger charge is -2.18. The van der Waals surface area contributed by atoms with E-state index < -0.39 is 0 Å². The van der Waals surface area contributed by atoms with Crippen molar-refractivity contribution in [1.82, 2.24) is 9.88 Å². The number of imidazole rings is 1.